The van der Waals surface area contributed by atoms with Crippen LogP contribution >= 0.6 is 0 Å². The van der Waals surface area contributed by atoms with Gasteiger partial charge in [-0.25, -0.2) is 4.39 Å². The van der Waals surface area contributed by atoms with E-state index in [1.807, 2.05) is 0 Å². The number of rotatable bonds is 7. The molecule has 0 saturated heterocycles. The molecule has 3 nitrogen and oxygen atoms in total. The number of hydrogen-bond acceptors (Lipinski definition) is 3. The van der Waals surface area contributed by atoms with E-state index in [9.17, 15) is 4.39 Å². The Kier molecular flexibility index (Phi) is 5.64. The van der Waals surface area contributed by atoms with Crippen molar-refractivity contribution in [2.75, 3.05) is 25.6 Å². The van der Waals surface area contributed by atoms with Crippen molar-refractivity contribution >= 4 is 5.69 Å². The number of halogens is 1. The van der Waals surface area contributed by atoms with Crippen LogP contribution in [0.2, 0.25) is 0 Å². The second kappa shape index (κ2) is 7.06. The summed E-state index contributed by atoms with van der Waals surface area (Å²) in [5.41, 5.74) is 0.752. The first-order chi connectivity index (χ1) is 7.77. The van der Waals surface area contributed by atoms with E-state index in [1.54, 1.807) is 12.1 Å². The van der Waals surface area contributed by atoms with Gasteiger partial charge in [0.15, 0.2) is 11.6 Å². The summed E-state index contributed by atoms with van der Waals surface area (Å²) in [6.07, 6.45) is 2.76. The van der Waals surface area contributed by atoms with Crippen LogP contribution in [0.25, 0.3) is 0 Å². The van der Waals surface area contributed by atoms with Crippen molar-refractivity contribution in [3.05, 3.63) is 24.0 Å². The fourth-order valence-corrected chi connectivity index (χ4v) is 1.42. The summed E-state index contributed by atoms with van der Waals surface area (Å²) in [5, 5.41) is 11.7. The van der Waals surface area contributed by atoms with Crippen LogP contribution in [0.3, 0.4) is 0 Å². The summed E-state index contributed by atoms with van der Waals surface area (Å²) >= 11 is 0. The van der Waals surface area contributed by atoms with Crippen molar-refractivity contribution in [1.29, 1.82) is 0 Å². The normalized spacial score (nSPS) is 10.2. The van der Waals surface area contributed by atoms with E-state index in [4.69, 9.17) is 9.84 Å². The van der Waals surface area contributed by atoms with Crippen molar-refractivity contribution < 1.29 is 14.2 Å². The van der Waals surface area contributed by atoms with Crippen LogP contribution < -0.4 is 10.1 Å². The molecule has 0 heterocycles. The fraction of sp³-hybridized carbons (Fsp3) is 0.500. The molecule has 0 aliphatic rings. The molecule has 0 aromatic heterocycles. The SMILES string of the molecule is COc1ccc(NCCCCCO)cc1F. The zero-order valence-corrected chi connectivity index (χ0v) is 9.50. The number of ether oxygens (including phenoxy) is 1. The number of unbranched alkanes of at least 4 members (excludes halogenated alkanes) is 2. The van der Waals surface area contributed by atoms with Gasteiger partial charge in [-0.05, 0) is 31.4 Å². The number of anilines is 1. The molecule has 0 aliphatic heterocycles. The molecule has 0 spiro atoms. The third kappa shape index (κ3) is 4.06. The van der Waals surface area contributed by atoms with Gasteiger partial charge < -0.3 is 15.2 Å². The number of aliphatic hydroxyl groups is 1. The Bertz CT molecular complexity index is 318. The van der Waals surface area contributed by atoms with Gasteiger partial charge in [0.05, 0.1) is 7.11 Å². The number of aliphatic hydroxyl groups excluding tert-OH is 1. The third-order valence-electron chi connectivity index (χ3n) is 2.32. The van der Waals surface area contributed by atoms with Crippen LogP contribution in [0.4, 0.5) is 10.1 Å². The Morgan fingerprint density at radius 1 is 1.31 bits per heavy atom. The van der Waals surface area contributed by atoms with E-state index in [2.05, 4.69) is 5.32 Å². The molecule has 0 fully saturated rings. The standard InChI is InChI=1S/C12H18FNO2/c1-16-12-6-5-10(9-11(12)13)14-7-3-2-4-8-15/h5-6,9,14-15H,2-4,7-8H2,1H3. The van der Waals surface area contributed by atoms with Crippen LogP contribution in [-0.2, 0) is 0 Å². The Balaban J connectivity index is 2.34. The largest absolute Gasteiger partial charge is 0.494 e. The average molecular weight is 227 g/mol. The molecule has 1 rings (SSSR count). The highest BCUT2D eigenvalue weighted by Crippen LogP contribution is 2.20. The molecule has 0 unspecified atom stereocenters. The van der Waals surface area contributed by atoms with E-state index in [0.29, 0.717) is 0 Å². The smallest absolute Gasteiger partial charge is 0.167 e. The van der Waals surface area contributed by atoms with Gasteiger partial charge in [0.2, 0.25) is 0 Å². The first-order valence-corrected chi connectivity index (χ1v) is 5.46. The Morgan fingerprint density at radius 3 is 2.75 bits per heavy atom. The van der Waals surface area contributed by atoms with Crippen LogP contribution in [0.5, 0.6) is 5.75 Å². The maximum atomic E-state index is 13.3. The van der Waals surface area contributed by atoms with Crippen molar-refractivity contribution in [2.24, 2.45) is 0 Å². The lowest BCUT2D eigenvalue weighted by Crippen LogP contribution is -2.02. The molecule has 0 atom stereocenters. The van der Waals surface area contributed by atoms with Gasteiger partial charge in [-0.1, -0.05) is 0 Å². The lowest BCUT2D eigenvalue weighted by atomic mass is 10.2. The second-order valence-electron chi connectivity index (χ2n) is 3.56. The molecule has 0 amide bonds. The molecule has 2 N–H and O–H groups in total. The zero-order chi connectivity index (χ0) is 11.8. The highest BCUT2D eigenvalue weighted by Gasteiger charge is 2.02. The molecule has 0 saturated carbocycles. The highest BCUT2D eigenvalue weighted by atomic mass is 19.1. The summed E-state index contributed by atoms with van der Waals surface area (Å²) in [6.45, 7) is 1.02. The summed E-state index contributed by atoms with van der Waals surface area (Å²) in [5.74, 6) is -0.103. The molecular weight excluding hydrogens is 209 g/mol. The predicted molar refractivity (Wildman–Crippen MR) is 62.4 cm³/mol. The minimum absolute atomic E-state index is 0.233. The zero-order valence-electron chi connectivity index (χ0n) is 9.50. The lowest BCUT2D eigenvalue weighted by Gasteiger charge is -2.07. The van der Waals surface area contributed by atoms with Gasteiger partial charge >= 0.3 is 0 Å². The molecule has 0 bridgehead atoms. The van der Waals surface area contributed by atoms with Gasteiger partial charge in [-0.15, -0.1) is 0 Å². The molecule has 16 heavy (non-hydrogen) atoms. The van der Waals surface area contributed by atoms with Crippen LogP contribution in [0.15, 0.2) is 18.2 Å². The third-order valence-corrected chi connectivity index (χ3v) is 2.32. The maximum Gasteiger partial charge on any atom is 0.167 e. The average Bonchev–Trinajstić information content (AvgIpc) is 2.29. The van der Waals surface area contributed by atoms with Gasteiger partial charge in [0.25, 0.3) is 0 Å². The van der Waals surface area contributed by atoms with Crippen molar-refractivity contribution in [3.63, 3.8) is 0 Å². The van der Waals surface area contributed by atoms with Crippen LogP contribution in [0, 0.1) is 5.82 Å². The van der Waals surface area contributed by atoms with Crippen LogP contribution in [-0.4, -0.2) is 25.4 Å². The predicted octanol–water partition coefficient (Wildman–Crippen LogP) is 2.41. The van der Waals surface area contributed by atoms with Gasteiger partial charge in [-0.2, -0.15) is 0 Å². The monoisotopic (exact) mass is 227 g/mol. The van der Waals surface area contributed by atoms with E-state index in [-0.39, 0.29) is 18.2 Å². The lowest BCUT2D eigenvalue weighted by molar-refractivity contribution is 0.283. The van der Waals surface area contributed by atoms with E-state index < -0.39 is 0 Å². The van der Waals surface area contributed by atoms with E-state index >= 15 is 0 Å². The quantitative estimate of drug-likeness (QED) is 0.703. The Morgan fingerprint density at radius 2 is 2.12 bits per heavy atom. The molecule has 90 valence electrons. The van der Waals surface area contributed by atoms with Crippen molar-refractivity contribution in [1.82, 2.24) is 0 Å². The Labute approximate surface area is 95.2 Å². The molecular formula is C12H18FNO2. The topological polar surface area (TPSA) is 41.5 Å². The highest BCUT2D eigenvalue weighted by molar-refractivity contribution is 5.47. The molecule has 4 heteroatoms. The molecule has 0 radical (unpaired) electrons. The summed E-state index contributed by atoms with van der Waals surface area (Å²) in [6, 6.07) is 4.81. The summed E-state index contributed by atoms with van der Waals surface area (Å²) in [7, 11) is 1.44. The molecule has 0 aliphatic carbocycles. The van der Waals surface area contributed by atoms with Gasteiger partial charge in [0.1, 0.15) is 0 Å². The van der Waals surface area contributed by atoms with Crippen molar-refractivity contribution in [3.8, 4) is 5.75 Å². The number of benzene rings is 1. The van der Waals surface area contributed by atoms with Crippen LogP contribution in [0.1, 0.15) is 19.3 Å². The second-order valence-corrected chi connectivity index (χ2v) is 3.56. The minimum Gasteiger partial charge on any atom is -0.494 e. The first-order valence-electron chi connectivity index (χ1n) is 5.46. The molecule has 1 aromatic carbocycles. The number of hydrogen-bond donors (Lipinski definition) is 2. The fourth-order valence-electron chi connectivity index (χ4n) is 1.42. The number of methoxy groups -OCH3 is 1. The van der Waals surface area contributed by atoms with E-state index in [1.165, 1.54) is 13.2 Å². The van der Waals surface area contributed by atoms with Gasteiger partial charge in [-0.3, -0.25) is 0 Å². The Hall–Kier alpha value is -1.29. The van der Waals surface area contributed by atoms with Gasteiger partial charge in [0, 0.05) is 24.9 Å². The summed E-state index contributed by atoms with van der Waals surface area (Å²) < 4.78 is 18.1. The summed E-state index contributed by atoms with van der Waals surface area (Å²) in [4.78, 5) is 0. The number of nitrogens with one attached hydrogen (secondary N) is 1. The maximum absolute atomic E-state index is 13.3. The minimum atomic E-state index is -0.358. The van der Waals surface area contributed by atoms with Crippen molar-refractivity contribution in [2.45, 2.75) is 19.3 Å². The van der Waals surface area contributed by atoms with E-state index in [0.717, 1.165) is 31.5 Å². The molecule has 1 aromatic rings. The first kappa shape index (κ1) is 12.8.